The molecule has 0 aromatic heterocycles. The van der Waals surface area contributed by atoms with Gasteiger partial charge in [0.05, 0.1) is 9.79 Å². The molecule has 0 saturated heterocycles. The van der Waals surface area contributed by atoms with Crippen molar-refractivity contribution in [3.63, 3.8) is 0 Å². The molecule has 0 fully saturated rings. The molecule has 0 aliphatic heterocycles. The van der Waals surface area contributed by atoms with Crippen LogP contribution in [0.4, 0.5) is 0 Å². The molecular formula is C44H62CaO6S2. The maximum absolute atomic E-state index is 11.3. The van der Waals surface area contributed by atoms with Gasteiger partial charge in [0.1, 0.15) is 20.2 Å². The average Bonchev–Trinajstić information content (AvgIpc) is 3.12. The summed E-state index contributed by atoms with van der Waals surface area (Å²) in [7, 11) is -8.82. The smallest absolute Gasteiger partial charge is 0.744 e. The third kappa shape index (κ3) is 15.9. The van der Waals surface area contributed by atoms with E-state index in [0.717, 1.165) is 60.1 Å². The Balaban J connectivity index is 0.000000360. The van der Waals surface area contributed by atoms with Crippen LogP contribution in [0, 0.1) is 0 Å². The molecule has 0 radical (unpaired) electrons. The summed E-state index contributed by atoms with van der Waals surface area (Å²) in [4.78, 5) is -0.282. The molecule has 53 heavy (non-hydrogen) atoms. The van der Waals surface area contributed by atoms with Crippen molar-refractivity contribution in [3.8, 4) is 0 Å². The molecule has 4 aromatic rings. The van der Waals surface area contributed by atoms with Crippen LogP contribution in [0.2, 0.25) is 0 Å². The number of rotatable bonds is 22. The molecule has 0 spiro atoms. The molecule has 4 aromatic carbocycles. The van der Waals surface area contributed by atoms with Crippen LogP contribution in [0.3, 0.4) is 0 Å². The van der Waals surface area contributed by atoms with Crippen LogP contribution >= 0.6 is 0 Å². The SMILES string of the molecule is CCCCCCc1ccc2cc(S(=O)(=O)[O-])ccc2c1CCCCCC.CCCCCCc1ccc2cc(S(=O)(=O)[O-])ccc2c1CCCCCC.[Ca+2]. The van der Waals surface area contributed by atoms with E-state index in [4.69, 9.17) is 0 Å². The summed E-state index contributed by atoms with van der Waals surface area (Å²) in [5.41, 5.74) is 5.43. The van der Waals surface area contributed by atoms with Gasteiger partial charge in [-0.05, 0) is 119 Å². The van der Waals surface area contributed by atoms with E-state index in [1.165, 1.54) is 136 Å². The van der Waals surface area contributed by atoms with Gasteiger partial charge in [0, 0.05) is 0 Å². The van der Waals surface area contributed by atoms with Crippen molar-refractivity contribution in [1.29, 1.82) is 0 Å². The van der Waals surface area contributed by atoms with Crippen LogP contribution in [-0.4, -0.2) is 63.7 Å². The third-order valence-electron chi connectivity index (χ3n) is 10.1. The van der Waals surface area contributed by atoms with Crippen molar-refractivity contribution in [3.05, 3.63) is 82.9 Å². The predicted molar refractivity (Wildman–Crippen MR) is 221 cm³/mol. The van der Waals surface area contributed by atoms with Gasteiger partial charge in [-0.15, -0.1) is 0 Å². The molecule has 0 saturated carbocycles. The van der Waals surface area contributed by atoms with Gasteiger partial charge in [0.2, 0.25) is 0 Å². The number of hydrogen-bond donors (Lipinski definition) is 0. The number of fused-ring (bicyclic) bond motifs is 2. The Kier molecular flexibility index (Phi) is 22.4. The largest absolute Gasteiger partial charge is 2.00 e. The van der Waals surface area contributed by atoms with Gasteiger partial charge >= 0.3 is 37.7 Å². The molecule has 0 bridgehead atoms. The molecule has 0 aliphatic carbocycles. The number of benzene rings is 4. The van der Waals surface area contributed by atoms with Crippen LogP contribution in [0.25, 0.3) is 21.5 Å². The Morgan fingerprint density at radius 3 is 1.04 bits per heavy atom. The van der Waals surface area contributed by atoms with Crippen molar-refractivity contribution < 1.29 is 25.9 Å². The Hall–Kier alpha value is -1.52. The molecule has 0 N–H and O–H groups in total. The maximum atomic E-state index is 11.3. The molecule has 288 valence electrons. The van der Waals surface area contributed by atoms with E-state index < -0.39 is 20.2 Å². The third-order valence-corrected chi connectivity index (χ3v) is 11.8. The Bertz CT molecular complexity index is 1770. The summed E-state index contributed by atoms with van der Waals surface area (Å²) in [5, 5.41) is 3.90. The van der Waals surface area contributed by atoms with E-state index in [1.54, 1.807) is 0 Å². The van der Waals surface area contributed by atoms with E-state index in [2.05, 4.69) is 39.8 Å². The summed E-state index contributed by atoms with van der Waals surface area (Å²) in [6.07, 6.45) is 23.7. The molecule has 0 heterocycles. The molecule has 0 atom stereocenters. The van der Waals surface area contributed by atoms with Gasteiger partial charge in [0.15, 0.2) is 0 Å². The quantitative estimate of drug-likeness (QED) is 0.0445. The van der Waals surface area contributed by atoms with Crippen molar-refractivity contribution in [2.24, 2.45) is 0 Å². The zero-order valence-electron chi connectivity index (χ0n) is 32.9. The van der Waals surface area contributed by atoms with Gasteiger partial charge < -0.3 is 9.11 Å². The number of aryl methyl sites for hydroxylation is 4. The van der Waals surface area contributed by atoms with Crippen molar-refractivity contribution in [2.45, 2.75) is 166 Å². The minimum atomic E-state index is -4.41. The van der Waals surface area contributed by atoms with E-state index in [1.807, 2.05) is 24.3 Å². The fraction of sp³-hybridized carbons (Fsp3) is 0.545. The summed E-state index contributed by atoms with van der Waals surface area (Å²) in [6.45, 7) is 8.86. The molecule has 0 unspecified atom stereocenters. The van der Waals surface area contributed by atoms with Crippen LogP contribution in [-0.2, 0) is 45.9 Å². The average molecular weight is 791 g/mol. The fourth-order valence-corrected chi connectivity index (χ4v) is 8.16. The van der Waals surface area contributed by atoms with Crippen LogP contribution < -0.4 is 0 Å². The normalized spacial score (nSPS) is 11.7. The molecular weight excluding hydrogens is 729 g/mol. The first-order chi connectivity index (χ1) is 24.9. The number of hydrogen-bond acceptors (Lipinski definition) is 6. The van der Waals surface area contributed by atoms with Crippen molar-refractivity contribution in [1.82, 2.24) is 0 Å². The molecule has 4 rings (SSSR count). The van der Waals surface area contributed by atoms with Crippen LogP contribution in [0.5, 0.6) is 0 Å². The molecule has 0 aliphatic rings. The van der Waals surface area contributed by atoms with E-state index in [0.29, 0.717) is 0 Å². The zero-order chi connectivity index (χ0) is 38.0. The summed E-state index contributed by atoms with van der Waals surface area (Å²) >= 11 is 0. The summed E-state index contributed by atoms with van der Waals surface area (Å²) in [5.74, 6) is 0. The standard InChI is InChI=1S/2C22H32O3S.Ca/c2*1-3-5-7-9-11-18-13-14-19-17-20(26(23,24)25)15-16-22(19)21(18)12-10-8-6-4-2;/h2*13-17H,3-12H2,1-2H3,(H,23,24,25);/q;;+2/p-2. The summed E-state index contributed by atoms with van der Waals surface area (Å²) < 4.78 is 67.9. The Morgan fingerprint density at radius 1 is 0.415 bits per heavy atom. The van der Waals surface area contributed by atoms with Crippen LogP contribution in [0.15, 0.2) is 70.5 Å². The van der Waals surface area contributed by atoms with Gasteiger partial charge in [-0.25, -0.2) is 16.8 Å². The van der Waals surface area contributed by atoms with Gasteiger partial charge in [-0.1, -0.05) is 141 Å². The first-order valence-electron chi connectivity index (χ1n) is 19.9. The van der Waals surface area contributed by atoms with Gasteiger partial charge in [0.25, 0.3) is 0 Å². The van der Waals surface area contributed by atoms with E-state index in [-0.39, 0.29) is 47.5 Å². The fourth-order valence-electron chi connectivity index (χ4n) is 7.15. The first kappa shape index (κ1) is 47.6. The molecule has 9 heteroatoms. The maximum Gasteiger partial charge on any atom is 2.00 e. The van der Waals surface area contributed by atoms with Gasteiger partial charge in [-0.2, -0.15) is 0 Å². The second-order valence-corrected chi connectivity index (χ2v) is 17.1. The molecule has 6 nitrogen and oxygen atoms in total. The van der Waals surface area contributed by atoms with Crippen molar-refractivity contribution in [2.75, 3.05) is 0 Å². The second kappa shape index (κ2) is 24.9. The summed E-state index contributed by atoms with van der Waals surface area (Å²) in [6, 6.07) is 17.8. The Morgan fingerprint density at radius 2 is 0.736 bits per heavy atom. The van der Waals surface area contributed by atoms with E-state index in [9.17, 15) is 25.9 Å². The zero-order valence-corrected chi connectivity index (χ0v) is 36.7. The second-order valence-electron chi connectivity index (χ2n) is 14.3. The Labute approximate surface area is 351 Å². The minimum Gasteiger partial charge on any atom is -0.744 e. The number of unbranched alkanes of at least 4 members (excludes halogenated alkanes) is 12. The minimum absolute atomic E-state index is 0. The van der Waals surface area contributed by atoms with Crippen molar-refractivity contribution >= 4 is 79.5 Å². The van der Waals surface area contributed by atoms with Crippen LogP contribution in [0.1, 0.15) is 153 Å². The topological polar surface area (TPSA) is 114 Å². The van der Waals surface area contributed by atoms with Gasteiger partial charge in [-0.3, -0.25) is 0 Å². The molecule has 0 amide bonds. The predicted octanol–water partition coefficient (Wildman–Crippen LogP) is 11.6. The van der Waals surface area contributed by atoms with E-state index >= 15 is 0 Å². The first-order valence-corrected chi connectivity index (χ1v) is 22.8. The monoisotopic (exact) mass is 790 g/mol.